The van der Waals surface area contributed by atoms with Crippen molar-refractivity contribution in [1.82, 2.24) is 14.7 Å². The maximum atomic E-state index is 13.1. The van der Waals surface area contributed by atoms with Crippen molar-refractivity contribution in [3.8, 4) is 6.07 Å². The van der Waals surface area contributed by atoms with Crippen molar-refractivity contribution >= 4 is 17.7 Å². The normalized spacial score (nSPS) is 24.0. The second-order valence-electron chi connectivity index (χ2n) is 8.05. The summed E-state index contributed by atoms with van der Waals surface area (Å²) in [6.07, 6.45) is 5.02. The Morgan fingerprint density at radius 3 is 2.03 bits per heavy atom. The van der Waals surface area contributed by atoms with Crippen LogP contribution >= 0.6 is 0 Å². The van der Waals surface area contributed by atoms with Gasteiger partial charge in [-0.05, 0) is 62.8 Å². The van der Waals surface area contributed by atoms with Crippen LogP contribution in [0.3, 0.4) is 0 Å². The van der Waals surface area contributed by atoms with E-state index in [0.717, 1.165) is 38.8 Å². The highest BCUT2D eigenvalue weighted by Crippen LogP contribution is 2.26. The highest BCUT2D eigenvalue weighted by molar-refractivity contribution is 6.00. The molecule has 29 heavy (non-hydrogen) atoms. The third-order valence-electron chi connectivity index (χ3n) is 6.26. The summed E-state index contributed by atoms with van der Waals surface area (Å²) in [6.45, 7) is 2.70. The van der Waals surface area contributed by atoms with Crippen LogP contribution in [0, 0.1) is 11.3 Å². The number of hydrogen-bond donors (Lipinski definition) is 0. The number of carbonyl (C=O) groups excluding carboxylic acids is 3. The molecule has 0 spiro atoms. The summed E-state index contributed by atoms with van der Waals surface area (Å²) in [5, 5.41) is 9.28. The van der Waals surface area contributed by atoms with Crippen molar-refractivity contribution < 1.29 is 14.4 Å². The Morgan fingerprint density at radius 2 is 1.38 bits per heavy atom. The molecule has 3 fully saturated rings. The minimum Gasteiger partial charge on any atom is -0.339 e. The van der Waals surface area contributed by atoms with Crippen molar-refractivity contribution in [1.29, 1.82) is 5.26 Å². The zero-order chi connectivity index (χ0) is 20.4. The van der Waals surface area contributed by atoms with E-state index in [0.29, 0.717) is 37.1 Å². The summed E-state index contributed by atoms with van der Waals surface area (Å²) >= 11 is 0. The number of amides is 3. The van der Waals surface area contributed by atoms with Crippen molar-refractivity contribution in [2.24, 2.45) is 0 Å². The molecular weight excluding hydrogens is 368 g/mol. The van der Waals surface area contributed by atoms with E-state index in [1.807, 2.05) is 4.90 Å². The molecule has 3 saturated heterocycles. The first-order valence-electron chi connectivity index (χ1n) is 10.5. The van der Waals surface area contributed by atoms with Gasteiger partial charge in [0, 0.05) is 37.3 Å². The molecule has 0 aromatic heterocycles. The number of rotatable bonds is 3. The van der Waals surface area contributed by atoms with Gasteiger partial charge < -0.3 is 14.7 Å². The van der Waals surface area contributed by atoms with Crippen molar-refractivity contribution in [2.75, 3.05) is 26.2 Å². The Labute approximate surface area is 170 Å². The molecule has 3 heterocycles. The fraction of sp³-hybridized carbons (Fsp3) is 0.545. The van der Waals surface area contributed by atoms with Gasteiger partial charge in [0.15, 0.2) is 0 Å². The summed E-state index contributed by atoms with van der Waals surface area (Å²) in [6, 6.07) is 8.09. The molecule has 0 saturated carbocycles. The summed E-state index contributed by atoms with van der Waals surface area (Å²) in [4.78, 5) is 43.6. The van der Waals surface area contributed by atoms with Crippen LogP contribution in [0.4, 0.5) is 0 Å². The van der Waals surface area contributed by atoms with E-state index >= 15 is 0 Å². The largest absolute Gasteiger partial charge is 0.339 e. The van der Waals surface area contributed by atoms with Crippen LogP contribution in [0.15, 0.2) is 24.3 Å². The first-order chi connectivity index (χ1) is 14.1. The Bertz CT molecular complexity index is 839. The molecule has 3 aliphatic heterocycles. The van der Waals surface area contributed by atoms with Gasteiger partial charge in [-0.25, -0.2) is 0 Å². The summed E-state index contributed by atoms with van der Waals surface area (Å²) in [5.41, 5.74) is 1.08. The van der Waals surface area contributed by atoms with Crippen LogP contribution in [-0.2, 0) is 4.79 Å². The summed E-state index contributed by atoms with van der Waals surface area (Å²) in [5.74, 6) is -0.290. The molecule has 4 rings (SSSR count). The maximum Gasteiger partial charge on any atom is 0.254 e. The average Bonchev–Trinajstić information content (AvgIpc) is 3.53. The van der Waals surface area contributed by atoms with Crippen LogP contribution in [0.5, 0.6) is 0 Å². The lowest BCUT2D eigenvalue weighted by atomic mass is 10.1. The SMILES string of the molecule is N#C[C@@H]1CCCN1C(=O)[C@@H]1CCCN1C(=O)c1ccc(C(=O)N2CCCC2)cc1. The molecule has 0 unspecified atom stereocenters. The minimum atomic E-state index is -0.498. The molecule has 3 amide bonds. The highest BCUT2D eigenvalue weighted by atomic mass is 16.2. The van der Waals surface area contributed by atoms with Gasteiger partial charge in [-0.15, -0.1) is 0 Å². The van der Waals surface area contributed by atoms with Crippen molar-refractivity contribution in [2.45, 2.75) is 50.6 Å². The molecule has 7 nitrogen and oxygen atoms in total. The number of hydrogen-bond acceptors (Lipinski definition) is 4. The maximum absolute atomic E-state index is 13.1. The van der Waals surface area contributed by atoms with Gasteiger partial charge in [0.2, 0.25) is 5.91 Å². The fourth-order valence-corrected chi connectivity index (χ4v) is 4.65. The smallest absolute Gasteiger partial charge is 0.254 e. The second kappa shape index (κ2) is 8.24. The van der Waals surface area contributed by atoms with E-state index < -0.39 is 6.04 Å². The molecule has 2 atom stereocenters. The molecule has 3 aliphatic rings. The molecule has 1 aromatic carbocycles. The van der Waals surface area contributed by atoms with Gasteiger partial charge in [0.25, 0.3) is 11.8 Å². The zero-order valence-electron chi connectivity index (χ0n) is 16.5. The molecular formula is C22H26N4O3. The van der Waals surface area contributed by atoms with Gasteiger partial charge in [-0.1, -0.05) is 0 Å². The molecule has 0 N–H and O–H groups in total. The molecule has 152 valence electrons. The van der Waals surface area contributed by atoms with Crippen molar-refractivity contribution in [3.05, 3.63) is 35.4 Å². The van der Waals surface area contributed by atoms with Crippen LogP contribution in [0.25, 0.3) is 0 Å². The number of nitriles is 1. The molecule has 0 bridgehead atoms. The van der Waals surface area contributed by atoms with E-state index in [1.54, 1.807) is 34.1 Å². The van der Waals surface area contributed by atoms with Gasteiger partial charge in [-0.2, -0.15) is 5.26 Å². The second-order valence-corrected chi connectivity index (χ2v) is 8.05. The Balaban J connectivity index is 1.46. The number of likely N-dealkylation sites (tertiary alicyclic amines) is 3. The van der Waals surface area contributed by atoms with Crippen molar-refractivity contribution in [3.63, 3.8) is 0 Å². The first kappa shape index (κ1) is 19.4. The highest BCUT2D eigenvalue weighted by Gasteiger charge is 2.40. The molecule has 7 heteroatoms. The number of nitrogens with zero attached hydrogens (tertiary/aromatic N) is 4. The predicted octanol–water partition coefficient (Wildman–Crippen LogP) is 2.04. The Kier molecular flexibility index (Phi) is 5.52. The molecule has 1 aromatic rings. The fourth-order valence-electron chi connectivity index (χ4n) is 4.65. The van der Waals surface area contributed by atoms with Gasteiger partial charge in [0.1, 0.15) is 12.1 Å². The van der Waals surface area contributed by atoms with E-state index in [2.05, 4.69) is 6.07 Å². The van der Waals surface area contributed by atoms with Crippen LogP contribution in [0.2, 0.25) is 0 Å². The Hall–Kier alpha value is -2.88. The van der Waals surface area contributed by atoms with Crippen LogP contribution in [-0.4, -0.2) is 70.7 Å². The topological polar surface area (TPSA) is 84.7 Å². The molecule has 0 aliphatic carbocycles. The monoisotopic (exact) mass is 394 g/mol. The van der Waals surface area contributed by atoms with Crippen LogP contribution < -0.4 is 0 Å². The standard InChI is InChI=1S/C22H26N4O3/c23-15-18-5-3-13-25(18)22(29)19-6-4-14-26(19)21(28)17-9-7-16(8-10-17)20(27)24-11-1-2-12-24/h7-10,18-19H,1-6,11-14H2/t18-,19-/m0/s1. The Morgan fingerprint density at radius 1 is 0.793 bits per heavy atom. The number of carbonyl (C=O) groups is 3. The number of benzene rings is 1. The quantitative estimate of drug-likeness (QED) is 0.785. The first-order valence-corrected chi connectivity index (χ1v) is 10.5. The molecule has 0 radical (unpaired) electrons. The minimum absolute atomic E-state index is 0.00676. The van der Waals surface area contributed by atoms with E-state index in [-0.39, 0.29) is 23.8 Å². The van der Waals surface area contributed by atoms with Gasteiger partial charge >= 0.3 is 0 Å². The van der Waals surface area contributed by atoms with E-state index in [4.69, 9.17) is 0 Å². The van der Waals surface area contributed by atoms with Gasteiger partial charge in [-0.3, -0.25) is 14.4 Å². The lowest BCUT2D eigenvalue weighted by Gasteiger charge is -2.29. The van der Waals surface area contributed by atoms with Crippen LogP contribution in [0.1, 0.15) is 59.2 Å². The third kappa shape index (κ3) is 3.71. The third-order valence-corrected chi connectivity index (χ3v) is 6.26. The van der Waals surface area contributed by atoms with E-state index in [9.17, 15) is 19.6 Å². The lowest BCUT2D eigenvalue weighted by Crippen LogP contribution is -2.49. The summed E-state index contributed by atoms with van der Waals surface area (Å²) < 4.78 is 0. The predicted molar refractivity (Wildman–Crippen MR) is 106 cm³/mol. The lowest BCUT2D eigenvalue weighted by molar-refractivity contribution is -0.135. The summed E-state index contributed by atoms with van der Waals surface area (Å²) in [7, 11) is 0. The van der Waals surface area contributed by atoms with Gasteiger partial charge in [0.05, 0.1) is 6.07 Å². The van der Waals surface area contributed by atoms with E-state index in [1.165, 1.54) is 0 Å². The zero-order valence-corrected chi connectivity index (χ0v) is 16.5. The average molecular weight is 394 g/mol.